The lowest BCUT2D eigenvalue weighted by molar-refractivity contribution is 0.181. The third kappa shape index (κ3) is 4.53. The molecule has 2 atom stereocenters. The first-order valence-electron chi connectivity index (χ1n) is 7.44. The van der Waals surface area contributed by atoms with Crippen LogP contribution < -0.4 is 5.32 Å². The van der Waals surface area contributed by atoms with Gasteiger partial charge in [-0.25, -0.2) is 0 Å². The Morgan fingerprint density at radius 2 is 2.26 bits per heavy atom. The molecule has 0 spiro atoms. The van der Waals surface area contributed by atoms with Gasteiger partial charge in [-0.15, -0.1) is 0 Å². The summed E-state index contributed by atoms with van der Waals surface area (Å²) in [6.45, 7) is 3.88. The molecule has 1 aliphatic heterocycles. The van der Waals surface area contributed by atoms with Crippen molar-refractivity contribution < 1.29 is 4.74 Å². The van der Waals surface area contributed by atoms with Gasteiger partial charge in [0.05, 0.1) is 6.61 Å². The molecular formula is C15H27N3O. The predicted molar refractivity (Wildman–Crippen MR) is 79.4 cm³/mol. The molecule has 1 saturated heterocycles. The quantitative estimate of drug-likeness (QED) is 0.479. The average molecular weight is 265 g/mol. The summed E-state index contributed by atoms with van der Waals surface area (Å²) < 4.78 is 5.43. The lowest BCUT2D eigenvalue weighted by atomic mass is 9.94. The molecule has 4 nitrogen and oxygen atoms in total. The minimum atomic E-state index is 0.654. The van der Waals surface area contributed by atoms with Crippen molar-refractivity contribution in [3.05, 3.63) is 12.2 Å². The van der Waals surface area contributed by atoms with Crippen LogP contribution in [0, 0.1) is 11.8 Å². The summed E-state index contributed by atoms with van der Waals surface area (Å²) in [6, 6.07) is 0. The average Bonchev–Trinajstić information content (AvgIpc) is 2.93. The van der Waals surface area contributed by atoms with Crippen molar-refractivity contribution >= 4 is 5.96 Å². The second-order valence-corrected chi connectivity index (χ2v) is 5.69. The number of aliphatic imine (C=N–C) groups is 1. The van der Waals surface area contributed by atoms with E-state index in [9.17, 15) is 0 Å². The molecule has 19 heavy (non-hydrogen) atoms. The zero-order valence-electron chi connectivity index (χ0n) is 12.3. The predicted octanol–water partition coefficient (Wildman–Crippen LogP) is 1.89. The first-order valence-corrected chi connectivity index (χ1v) is 7.44. The highest BCUT2D eigenvalue weighted by atomic mass is 16.5. The molecule has 0 aromatic carbocycles. The van der Waals surface area contributed by atoms with Crippen molar-refractivity contribution in [2.45, 2.75) is 25.7 Å². The largest absolute Gasteiger partial charge is 0.381 e. The minimum absolute atomic E-state index is 0.654. The summed E-state index contributed by atoms with van der Waals surface area (Å²) in [4.78, 5) is 6.62. The fourth-order valence-electron chi connectivity index (χ4n) is 2.86. The van der Waals surface area contributed by atoms with Crippen molar-refractivity contribution in [1.82, 2.24) is 10.2 Å². The number of ether oxygens (including phenoxy) is 1. The Hall–Kier alpha value is -1.03. The third-order valence-electron chi connectivity index (χ3n) is 4.06. The molecule has 0 saturated carbocycles. The standard InChI is InChI=1S/C15H27N3O/c1-16-15(17-10-13-6-4-3-5-7-13)18(2)11-14-8-9-19-12-14/h3-4,13-14H,5-12H2,1-2H3,(H,16,17). The van der Waals surface area contributed by atoms with E-state index in [-0.39, 0.29) is 0 Å². The number of nitrogens with one attached hydrogen (secondary N) is 1. The van der Waals surface area contributed by atoms with Gasteiger partial charge in [0.15, 0.2) is 5.96 Å². The van der Waals surface area contributed by atoms with E-state index in [0.717, 1.165) is 38.2 Å². The van der Waals surface area contributed by atoms with Gasteiger partial charge in [-0.1, -0.05) is 12.2 Å². The number of allylic oxidation sites excluding steroid dienone is 2. The molecule has 0 aromatic rings. The monoisotopic (exact) mass is 265 g/mol. The van der Waals surface area contributed by atoms with Gasteiger partial charge >= 0.3 is 0 Å². The smallest absolute Gasteiger partial charge is 0.193 e. The first kappa shape index (κ1) is 14.4. The number of nitrogens with zero attached hydrogens (tertiary/aromatic N) is 2. The molecule has 2 rings (SSSR count). The Labute approximate surface area is 116 Å². The zero-order chi connectivity index (χ0) is 13.5. The topological polar surface area (TPSA) is 36.9 Å². The van der Waals surface area contributed by atoms with Crippen LogP contribution in [0.4, 0.5) is 0 Å². The Balaban J connectivity index is 1.73. The molecule has 108 valence electrons. The highest BCUT2D eigenvalue weighted by Crippen LogP contribution is 2.17. The van der Waals surface area contributed by atoms with Crippen molar-refractivity contribution in [3.63, 3.8) is 0 Å². The van der Waals surface area contributed by atoms with Crippen LogP contribution in [-0.4, -0.2) is 51.3 Å². The lowest BCUT2D eigenvalue weighted by Crippen LogP contribution is -2.43. The molecule has 1 N–H and O–H groups in total. The summed E-state index contributed by atoms with van der Waals surface area (Å²) in [6.07, 6.45) is 9.48. The van der Waals surface area contributed by atoms with E-state index in [1.165, 1.54) is 25.7 Å². The maximum Gasteiger partial charge on any atom is 0.193 e. The normalized spacial score (nSPS) is 27.6. The fourth-order valence-corrected chi connectivity index (χ4v) is 2.86. The summed E-state index contributed by atoms with van der Waals surface area (Å²) in [5.41, 5.74) is 0. The maximum absolute atomic E-state index is 5.43. The van der Waals surface area contributed by atoms with E-state index in [1.54, 1.807) is 0 Å². The van der Waals surface area contributed by atoms with Crippen molar-refractivity contribution in [2.75, 3.05) is 40.4 Å². The zero-order valence-corrected chi connectivity index (χ0v) is 12.3. The van der Waals surface area contributed by atoms with Crippen LogP contribution in [0.25, 0.3) is 0 Å². The van der Waals surface area contributed by atoms with Crippen LogP contribution in [0.15, 0.2) is 17.1 Å². The highest BCUT2D eigenvalue weighted by Gasteiger charge is 2.19. The van der Waals surface area contributed by atoms with Gasteiger partial charge in [-0.2, -0.15) is 0 Å². The van der Waals surface area contributed by atoms with Gasteiger partial charge in [0.1, 0.15) is 0 Å². The SMILES string of the molecule is CN=C(NCC1CC=CCC1)N(C)CC1CCOC1. The van der Waals surface area contributed by atoms with E-state index in [0.29, 0.717) is 5.92 Å². The summed E-state index contributed by atoms with van der Waals surface area (Å²) >= 11 is 0. The van der Waals surface area contributed by atoms with Crippen molar-refractivity contribution in [1.29, 1.82) is 0 Å². The Morgan fingerprint density at radius 3 is 2.89 bits per heavy atom. The Morgan fingerprint density at radius 1 is 1.37 bits per heavy atom. The first-order chi connectivity index (χ1) is 9.29. The molecule has 0 bridgehead atoms. The van der Waals surface area contributed by atoms with Crippen molar-refractivity contribution in [3.8, 4) is 0 Å². The maximum atomic E-state index is 5.43. The van der Waals surface area contributed by atoms with Gasteiger partial charge in [0, 0.05) is 39.7 Å². The molecule has 1 aliphatic carbocycles. The fraction of sp³-hybridized carbons (Fsp3) is 0.800. The minimum Gasteiger partial charge on any atom is -0.381 e. The van der Waals surface area contributed by atoms with Crippen LogP contribution in [-0.2, 0) is 4.74 Å². The van der Waals surface area contributed by atoms with Crippen LogP contribution >= 0.6 is 0 Å². The van der Waals surface area contributed by atoms with Gasteiger partial charge in [0.25, 0.3) is 0 Å². The van der Waals surface area contributed by atoms with Gasteiger partial charge in [0.2, 0.25) is 0 Å². The Bertz CT molecular complexity index is 321. The van der Waals surface area contributed by atoms with Crippen LogP contribution in [0.5, 0.6) is 0 Å². The van der Waals surface area contributed by atoms with Gasteiger partial charge in [-0.3, -0.25) is 4.99 Å². The summed E-state index contributed by atoms with van der Waals surface area (Å²) in [7, 11) is 3.99. The lowest BCUT2D eigenvalue weighted by Gasteiger charge is -2.26. The van der Waals surface area contributed by atoms with Crippen LogP contribution in [0.2, 0.25) is 0 Å². The molecule has 2 aliphatic rings. The molecule has 0 radical (unpaired) electrons. The Kier molecular flexibility index (Phi) is 5.70. The highest BCUT2D eigenvalue weighted by molar-refractivity contribution is 5.79. The molecule has 0 amide bonds. The number of rotatable bonds is 4. The molecule has 4 heteroatoms. The van der Waals surface area contributed by atoms with E-state index >= 15 is 0 Å². The number of hydrogen-bond donors (Lipinski definition) is 1. The van der Waals surface area contributed by atoms with E-state index in [1.807, 2.05) is 7.05 Å². The van der Waals surface area contributed by atoms with E-state index in [4.69, 9.17) is 4.74 Å². The number of hydrogen-bond acceptors (Lipinski definition) is 2. The van der Waals surface area contributed by atoms with Crippen LogP contribution in [0.3, 0.4) is 0 Å². The second-order valence-electron chi connectivity index (χ2n) is 5.69. The molecular weight excluding hydrogens is 238 g/mol. The van der Waals surface area contributed by atoms with Gasteiger partial charge in [-0.05, 0) is 31.6 Å². The van der Waals surface area contributed by atoms with E-state index in [2.05, 4.69) is 34.4 Å². The van der Waals surface area contributed by atoms with E-state index < -0.39 is 0 Å². The van der Waals surface area contributed by atoms with Crippen molar-refractivity contribution in [2.24, 2.45) is 16.8 Å². The third-order valence-corrected chi connectivity index (χ3v) is 4.06. The number of guanidine groups is 1. The summed E-state index contributed by atoms with van der Waals surface area (Å²) in [5.74, 6) is 2.42. The molecule has 2 unspecified atom stereocenters. The van der Waals surface area contributed by atoms with Crippen LogP contribution in [0.1, 0.15) is 25.7 Å². The molecule has 0 aromatic heterocycles. The second kappa shape index (κ2) is 7.53. The van der Waals surface area contributed by atoms with Gasteiger partial charge < -0.3 is 15.0 Å². The molecule has 1 heterocycles. The summed E-state index contributed by atoms with van der Waals surface area (Å²) in [5, 5.41) is 3.51. The molecule has 1 fully saturated rings.